The fourth-order valence-electron chi connectivity index (χ4n) is 5.69. The van der Waals surface area contributed by atoms with Crippen LogP contribution in [0.2, 0.25) is 0 Å². The van der Waals surface area contributed by atoms with Crippen molar-refractivity contribution < 1.29 is 0 Å². The molecular weight excluding hydrogens is 244 g/mol. The molecule has 20 heavy (non-hydrogen) atoms. The Labute approximate surface area is 125 Å². The van der Waals surface area contributed by atoms with Gasteiger partial charge < -0.3 is 5.73 Å². The first kappa shape index (κ1) is 14.8. The molecule has 3 rings (SSSR count). The first-order chi connectivity index (χ1) is 9.67. The average Bonchev–Trinajstić information content (AvgIpc) is 2.49. The van der Waals surface area contributed by atoms with Crippen LogP contribution in [0.3, 0.4) is 0 Å². The first-order valence-electron chi connectivity index (χ1n) is 9.14. The lowest BCUT2D eigenvalue weighted by Gasteiger charge is -2.58. The Morgan fingerprint density at radius 1 is 1.00 bits per heavy atom. The molecule has 0 aromatic heterocycles. The summed E-state index contributed by atoms with van der Waals surface area (Å²) in [6.45, 7) is 7.11. The van der Waals surface area contributed by atoms with Gasteiger partial charge in [-0.15, -0.1) is 0 Å². The summed E-state index contributed by atoms with van der Waals surface area (Å²) in [5, 5.41) is 0. The Morgan fingerprint density at radius 3 is 2.55 bits per heavy atom. The molecular formula is C18H34N2. The zero-order valence-electron chi connectivity index (χ0n) is 13.6. The topological polar surface area (TPSA) is 29.3 Å². The van der Waals surface area contributed by atoms with Crippen molar-refractivity contribution in [2.75, 3.05) is 13.1 Å². The van der Waals surface area contributed by atoms with Gasteiger partial charge in [-0.3, -0.25) is 4.90 Å². The Balaban J connectivity index is 1.86. The number of hydrogen-bond donors (Lipinski definition) is 1. The quantitative estimate of drug-likeness (QED) is 0.832. The molecule has 5 unspecified atom stereocenters. The molecule has 0 amide bonds. The summed E-state index contributed by atoms with van der Waals surface area (Å²) in [6.07, 6.45) is 12.8. The van der Waals surface area contributed by atoms with E-state index in [1.54, 1.807) is 0 Å². The third-order valence-electron chi connectivity index (χ3n) is 6.88. The number of fused-ring (bicyclic) bond motifs is 1. The van der Waals surface area contributed by atoms with Crippen molar-refractivity contribution in [3.63, 3.8) is 0 Å². The van der Waals surface area contributed by atoms with Crippen molar-refractivity contribution in [1.29, 1.82) is 0 Å². The molecule has 1 saturated heterocycles. The summed E-state index contributed by atoms with van der Waals surface area (Å²) in [5.74, 6) is 2.62. The summed E-state index contributed by atoms with van der Waals surface area (Å²) in [5.41, 5.74) is 6.72. The van der Waals surface area contributed by atoms with Crippen LogP contribution in [-0.2, 0) is 0 Å². The van der Waals surface area contributed by atoms with Gasteiger partial charge in [0, 0.05) is 18.1 Å². The number of rotatable bonds is 2. The van der Waals surface area contributed by atoms with E-state index in [4.69, 9.17) is 5.73 Å². The van der Waals surface area contributed by atoms with E-state index >= 15 is 0 Å². The number of hydrogen-bond acceptors (Lipinski definition) is 2. The van der Waals surface area contributed by atoms with Crippen LogP contribution >= 0.6 is 0 Å². The lowest BCUT2D eigenvalue weighted by molar-refractivity contribution is -0.0767. The number of piperidine rings is 1. The minimum absolute atomic E-state index is 0.318. The second-order valence-corrected chi connectivity index (χ2v) is 8.04. The van der Waals surface area contributed by atoms with Crippen molar-refractivity contribution in [3.05, 3.63) is 0 Å². The average molecular weight is 278 g/mol. The highest BCUT2D eigenvalue weighted by Gasteiger charge is 2.49. The molecule has 1 aliphatic heterocycles. The Hall–Kier alpha value is -0.0800. The first-order valence-corrected chi connectivity index (χ1v) is 9.14. The van der Waals surface area contributed by atoms with Gasteiger partial charge in [-0.25, -0.2) is 0 Å². The van der Waals surface area contributed by atoms with Gasteiger partial charge in [0.25, 0.3) is 0 Å². The van der Waals surface area contributed by atoms with Crippen molar-refractivity contribution in [3.8, 4) is 0 Å². The number of likely N-dealkylation sites (tertiary alicyclic amines) is 1. The molecule has 3 aliphatic rings. The zero-order valence-corrected chi connectivity index (χ0v) is 13.6. The van der Waals surface area contributed by atoms with Gasteiger partial charge in [0.1, 0.15) is 0 Å². The highest BCUT2D eigenvalue weighted by molar-refractivity contribution is 5.04. The van der Waals surface area contributed by atoms with Crippen LogP contribution < -0.4 is 5.73 Å². The molecule has 2 saturated carbocycles. The lowest BCUT2D eigenvalue weighted by atomic mass is 9.66. The largest absolute Gasteiger partial charge is 0.329 e. The normalized spacial score (nSPS) is 47.0. The molecule has 0 aromatic rings. The summed E-state index contributed by atoms with van der Waals surface area (Å²) in [7, 11) is 0. The molecule has 0 spiro atoms. The lowest BCUT2D eigenvalue weighted by Crippen LogP contribution is -2.66. The molecule has 1 heterocycles. The van der Waals surface area contributed by atoms with E-state index in [1.807, 2.05) is 0 Å². The smallest absolute Gasteiger partial charge is 0.0362 e. The van der Waals surface area contributed by atoms with Crippen LogP contribution in [-0.4, -0.2) is 29.6 Å². The van der Waals surface area contributed by atoms with Gasteiger partial charge >= 0.3 is 0 Å². The Kier molecular flexibility index (Phi) is 4.42. The molecule has 116 valence electrons. The van der Waals surface area contributed by atoms with Gasteiger partial charge in [0.05, 0.1) is 0 Å². The molecule has 0 radical (unpaired) electrons. The molecule has 0 bridgehead atoms. The molecule has 3 fully saturated rings. The van der Waals surface area contributed by atoms with Crippen LogP contribution in [0.15, 0.2) is 0 Å². The summed E-state index contributed by atoms with van der Waals surface area (Å²) in [6, 6.07) is 0.855. The molecule has 5 atom stereocenters. The van der Waals surface area contributed by atoms with Gasteiger partial charge in [0.15, 0.2) is 0 Å². The minimum atomic E-state index is 0.318. The maximum absolute atomic E-state index is 6.40. The monoisotopic (exact) mass is 278 g/mol. The molecule has 2 heteroatoms. The van der Waals surface area contributed by atoms with Crippen molar-refractivity contribution >= 4 is 0 Å². The van der Waals surface area contributed by atoms with Gasteiger partial charge in [-0.05, 0) is 62.8 Å². The summed E-state index contributed by atoms with van der Waals surface area (Å²) >= 11 is 0. The summed E-state index contributed by atoms with van der Waals surface area (Å²) in [4.78, 5) is 2.93. The SMILES string of the molecule is CC1CCC(C)C(CN)(N2CCCC3CCCCC32)C1. The maximum Gasteiger partial charge on any atom is 0.0362 e. The zero-order chi connectivity index (χ0) is 14.2. The van der Waals surface area contributed by atoms with E-state index in [0.29, 0.717) is 5.54 Å². The third kappa shape index (κ3) is 2.43. The molecule has 2 aliphatic carbocycles. The second kappa shape index (κ2) is 5.96. The van der Waals surface area contributed by atoms with Crippen molar-refractivity contribution in [2.24, 2.45) is 23.5 Å². The highest BCUT2D eigenvalue weighted by Crippen LogP contribution is 2.46. The molecule has 2 N–H and O–H groups in total. The van der Waals surface area contributed by atoms with Gasteiger partial charge in [-0.2, -0.15) is 0 Å². The van der Waals surface area contributed by atoms with Crippen molar-refractivity contribution in [2.45, 2.75) is 83.2 Å². The van der Waals surface area contributed by atoms with Crippen LogP contribution in [0.1, 0.15) is 71.6 Å². The van der Waals surface area contributed by atoms with Crippen LogP contribution in [0, 0.1) is 17.8 Å². The molecule has 0 aromatic carbocycles. The van der Waals surface area contributed by atoms with Crippen LogP contribution in [0.5, 0.6) is 0 Å². The van der Waals surface area contributed by atoms with Gasteiger partial charge in [-0.1, -0.05) is 33.1 Å². The molecule has 2 nitrogen and oxygen atoms in total. The van der Waals surface area contributed by atoms with E-state index in [9.17, 15) is 0 Å². The Bertz CT molecular complexity index is 327. The maximum atomic E-state index is 6.40. The Morgan fingerprint density at radius 2 is 1.75 bits per heavy atom. The summed E-state index contributed by atoms with van der Waals surface area (Å²) < 4.78 is 0. The highest BCUT2D eigenvalue weighted by atomic mass is 15.3. The van der Waals surface area contributed by atoms with E-state index in [-0.39, 0.29) is 0 Å². The second-order valence-electron chi connectivity index (χ2n) is 8.04. The van der Waals surface area contributed by atoms with E-state index in [0.717, 1.165) is 30.3 Å². The van der Waals surface area contributed by atoms with Gasteiger partial charge in [0.2, 0.25) is 0 Å². The van der Waals surface area contributed by atoms with E-state index in [1.165, 1.54) is 64.3 Å². The van der Waals surface area contributed by atoms with E-state index in [2.05, 4.69) is 18.7 Å². The number of nitrogens with two attached hydrogens (primary N) is 1. The van der Waals surface area contributed by atoms with E-state index < -0.39 is 0 Å². The minimum Gasteiger partial charge on any atom is -0.329 e. The third-order valence-corrected chi connectivity index (χ3v) is 6.88. The predicted molar refractivity (Wildman–Crippen MR) is 85.7 cm³/mol. The standard InChI is InChI=1S/C18H34N2/c1-14-9-10-15(2)18(12-14,13-19)20-11-5-7-16-6-3-4-8-17(16)20/h14-17H,3-13,19H2,1-2H3. The van der Waals surface area contributed by atoms with Crippen LogP contribution in [0.25, 0.3) is 0 Å². The number of nitrogens with zero attached hydrogens (tertiary/aromatic N) is 1. The fourth-order valence-corrected chi connectivity index (χ4v) is 5.69. The predicted octanol–water partition coefficient (Wildman–Crippen LogP) is 3.79. The van der Waals surface area contributed by atoms with Crippen LogP contribution in [0.4, 0.5) is 0 Å². The van der Waals surface area contributed by atoms with Crippen molar-refractivity contribution in [1.82, 2.24) is 4.90 Å². The fraction of sp³-hybridized carbons (Fsp3) is 1.00.